The molecule has 1 fully saturated rings. The van der Waals surface area contributed by atoms with Crippen molar-refractivity contribution in [2.75, 3.05) is 11.9 Å². The molecule has 1 aliphatic heterocycles. The summed E-state index contributed by atoms with van der Waals surface area (Å²) in [5.41, 5.74) is 3.48. The molecule has 7 heteroatoms. The number of rotatable bonds is 4. The maximum absolute atomic E-state index is 12.2. The van der Waals surface area contributed by atoms with Gasteiger partial charge in [-0.2, -0.15) is 4.98 Å². The van der Waals surface area contributed by atoms with Crippen molar-refractivity contribution in [2.24, 2.45) is 0 Å². The van der Waals surface area contributed by atoms with Crippen LogP contribution in [0.15, 0.2) is 30.5 Å². The Morgan fingerprint density at radius 2 is 2.23 bits per heavy atom. The van der Waals surface area contributed by atoms with Gasteiger partial charge in [-0.05, 0) is 43.0 Å². The molecule has 6 nitrogen and oxygen atoms in total. The molecule has 2 N–H and O–H groups in total. The number of aromatic nitrogens is 3. The molecular formula is C19H19ClN4O2. The summed E-state index contributed by atoms with van der Waals surface area (Å²) in [5.74, 6) is -0.108. The SMILES string of the molecule is Cc1ccc(CNc2nc(C3CCCOC3=O)c3cc[nH]c3n2)c(Cl)c1. The number of cyclic esters (lactones) is 1. The number of H-pyrrole nitrogens is 1. The highest BCUT2D eigenvalue weighted by atomic mass is 35.5. The number of carbonyl (C=O) groups excluding carboxylic acids is 1. The Kier molecular flexibility index (Phi) is 4.51. The van der Waals surface area contributed by atoms with Gasteiger partial charge < -0.3 is 15.0 Å². The van der Waals surface area contributed by atoms with Gasteiger partial charge in [0.05, 0.1) is 12.3 Å². The van der Waals surface area contributed by atoms with Gasteiger partial charge in [-0.25, -0.2) is 4.98 Å². The number of nitrogens with zero attached hydrogens (tertiary/aromatic N) is 2. The molecule has 1 aliphatic rings. The number of fused-ring (bicyclic) bond motifs is 1. The fraction of sp³-hybridized carbons (Fsp3) is 0.316. The summed E-state index contributed by atoms with van der Waals surface area (Å²) in [6.07, 6.45) is 3.38. The van der Waals surface area contributed by atoms with Crippen molar-refractivity contribution in [3.63, 3.8) is 0 Å². The minimum absolute atomic E-state index is 0.218. The molecule has 26 heavy (non-hydrogen) atoms. The lowest BCUT2D eigenvalue weighted by atomic mass is 9.95. The van der Waals surface area contributed by atoms with Crippen molar-refractivity contribution >= 4 is 34.6 Å². The summed E-state index contributed by atoms with van der Waals surface area (Å²) >= 11 is 6.30. The van der Waals surface area contributed by atoms with Gasteiger partial charge in [-0.1, -0.05) is 23.7 Å². The summed E-state index contributed by atoms with van der Waals surface area (Å²) in [6, 6.07) is 7.82. The van der Waals surface area contributed by atoms with Gasteiger partial charge in [0.2, 0.25) is 5.95 Å². The Balaban J connectivity index is 1.64. The first-order valence-corrected chi connectivity index (χ1v) is 9.00. The van der Waals surface area contributed by atoms with E-state index in [2.05, 4.69) is 20.3 Å². The van der Waals surface area contributed by atoms with E-state index in [1.807, 2.05) is 31.2 Å². The van der Waals surface area contributed by atoms with Gasteiger partial charge in [0.15, 0.2) is 0 Å². The second-order valence-electron chi connectivity index (χ2n) is 6.48. The largest absolute Gasteiger partial charge is 0.465 e. The predicted octanol–water partition coefficient (Wildman–Crippen LogP) is 3.95. The average Bonchev–Trinajstić information content (AvgIpc) is 3.09. The van der Waals surface area contributed by atoms with E-state index in [1.54, 1.807) is 6.20 Å². The smallest absolute Gasteiger partial charge is 0.315 e. The van der Waals surface area contributed by atoms with E-state index in [9.17, 15) is 4.79 Å². The summed E-state index contributed by atoms with van der Waals surface area (Å²) in [4.78, 5) is 24.4. The van der Waals surface area contributed by atoms with Crippen molar-refractivity contribution in [2.45, 2.75) is 32.2 Å². The molecule has 0 aliphatic carbocycles. The third kappa shape index (κ3) is 3.24. The maximum atomic E-state index is 12.2. The van der Waals surface area contributed by atoms with Gasteiger partial charge in [0.25, 0.3) is 0 Å². The third-order valence-electron chi connectivity index (χ3n) is 4.59. The molecule has 0 spiro atoms. The first kappa shape index (κ1) is 16.8. The zero-order valence-corrected chi connectivity index (χ0v) is 15.1. The summed E-state index contributed by atoms with van der Waals surface area (Å²) in [6.45, 7) is 2.98. The highest BCUT2D eigenvalue weighted by Crippen LogP contribution is 2.31. The second-order valence-corrected chi connectivity index (χ2v) is 6.89. The number of esters is 1. The molecule has 1 atom stereocenters. The zero-order chi connectivity index (χ0) is 18.1. The molecule has 0 amide bonds. The fourth-order valence-corrected chi connectivity index (χ4v) is 3.51. The summed E-state index contributed by atoms with van der Waals surface area (Å²) in [7, 11) is 0. The van der Waals surface area contributed by atoms with Crippen LogP contribution < -0.4 is 5.32 Å². The first-order valence-electron chi connectivity index (χ1n) is 8.62. The quantitative estimate of drug-likeness (QED) is 0.679. The van der Waals surface area contributed by atoms with Gasteiger partial charge in [0.1, 0.15) is 11.6 Å². The van der Waals surface area contributed by atoms with E-state index in [0.29, 0.717) is 35.5 Å². The lowest BCUT2D eigenvalue weighted by Crippen LogP contribution is -2.23. The molecule has 0 bridgehead atoms. The van der Waals surface area contributed by atoms with Gasteiger partial charge in [-0.15, -0.1) is 0 Å². The molecule has 134 valence electrons. The minimum atomic E-state index is -0.353. The predicted molar refractivity (Wildman–Crippen MR) is 100 cm³/mol. The minimum Gasteiger partial charge on any atom is -0.465 e. The highest BCUT2D eigenvalue weighted by Gasteiger charge is 2.29. The molecule has 1 unspecified atom stereocenters. The van der Waals surface area contributed by atoms with Crippen LogP contribution >= 0.6 is 11.6 Å². The van der Waals surface area contributed by atoms with Crippen LogP contribution in [0.2, 0.25) is 5.02 Å². The third-order valence-corrected chi connectivity index (χ3v) is 4.94. The van der Waals surface area contributed by atoms with E-state index in [0.717, 1.165) is 29.4 Å². The van der Waals surface area contributed by atoms with Gasteiger partial charge >= 0.3 is 5.97 Å². The Hall–Kier alpha value is -2.60. The molecule has 1 saturated heterocycles. The van der Waals surface area contributed by atoms with Crippen LogP contribution in [-0.4, -0.2) is 27.5 Å². The number of aryl methyl sites for hydroxylation is 1. The second kappa shape index (κ2) is 6.96. The average molecular weight is 371 g/mol. The van der Waals surface area contributed by atoms with E-state index < -0.39 is 0 Å². The van der Waals surface area contributed by atoms with Crippen LogP contribution in [0.4, 0.5) is 5.95 Å². The Labute approximate surface area is 155 Å². The molecule has 2 aromatic heterocycles. The van der Waals surface area contributed by atoms with Crippen LogP contribution in [0.1, 0.15) is 35.6 Å². The summed E-state index contributed by atoms with van der Waals surface area (Å²) < 4.78 is 5.22. The zero-order valence-electron chi connectivity index (χ0n) is 14.4. The van der Waals surface area contributed by atoms with Crippen molar-refractivity contribution in [3.05, 3.63) is 52.3 Å². The molecular weight excluding hydrogens is 352 g/mol. The maximum Gasteiger partial charge on any atom is 0.315 e. The van der Waals surface area contributed by atoms with Crippen molar-refractivity contribution < 1.29 is 9.53 Å². The molecule has 4 rings (SSSR count). The lowest BCUT2D eigenvalue weighted by molar-refractivity contribution is -0.149. The Bertz CT molecular complexity index is 969. The van der Waals surface area contributed by atoms with E-state index >= 15 is 0 Å². The number of halogens is 1. The van der Waals surface area contributed by atoms with Gasteiger partial charge in [-0.3, -0.25) is 4.79 Å². The lowest BCUT2D eigenvalue weighted by Gasteiger charge is -2.21. The van der Waals surface area contributed by atoms with Crippen molar-refractivity contribution in [3.8, 4) is 0 Å². The number of benzene rings is 1. The summed E-state index contributed by atoms with van der Waals surface area (Å²) in [5, 5.41) is 4.78. The number of hydrogen-bond acceptors (Lipinski definition) is 5. The standard InChI is InChI=1S/C19H19ClN4O2/c1-11-4-5-12(15(20)9-11)10-22-19-23-16(13-6-7-21-17(13)24-19)14-3-2-8-26-18(14)25/h4-7,9,14H,2-3,8,10H2,1H3,(H2,21,22,23,24). The van der Waals surface area contributed by atoms with E-state index in [1.165, 1.54) is 0 Å². The van der Waals surface area contributed by atoms with Crippen LogP contribution in [0.25, 0.3) is 11.0 Å². The van der Waals surface area contributed by atoms with Gasteiger partial charge in [0, 0.05) is 23.2 Å². The molecule has 1 aromatic carbocycles. The van der Waals surface area contributed by atoms with E-state index in [4.69, 9.17) is 16.3 Å². The number of nitrogens with one attached hydrogen (secondary N) is 2. The highest BCUT2D eigenvalue weighted by molar-refractivity contribution is 6.31. The van der Waals surface area contributed by atoms with E-state index in [-0.39, 0.29) is 11.9 Å². The number of aromatic amines is 1. The van der Waals surface area contributed by atoms with Crippen LogP contribution in [-0.2, 0) is 16.1 Å². The van der Waals surface area contributed by atoms with Crippen LogP contribution in [0.3, 0.4) is 0 Å². The first-order chi connectivity index (χ1) is 12.6. The Morgan fingerprint density at radius 1 is 1.35 bits per heavy atom. The normalized spacial score (nSPS) is 17.3. The van der Waals surface area contributed by atoms with Crippen molar-refractivity contribution in [1.29, 1.82) is 0 Å². The number of carbonyl (C=O) groups is 1. The fourth-order valence-electron chi connectivity index (χ4n) is 3.21. The number of ether oxygens (including phenoxy) is 1. The monoisotopic (exact) mass is 370 g/mol. The topological polar surface area (TPSA) is 79.9 Å². The van der Waals surface area contributed by atoms with Crippen LogP contribution in [0.5, 0.6) is 0 Å². The number of anilines is 1. The molecule has 3 aromatic rings. The van der Waals surface area contributed by atoms with Crippen LogP contribution in [0, 0.1) is 6.92 Å². The number of hydrogen-bond donors (Lipinski definition) is 2. The molecule has 0 radical (unpaired) electrons. The van der Waals surface area contributed by atoms with Crippen molar-refractivity contribution in [1.82, 2.24) is 15.0 Å². The molecule has 3 heterocycles. The Morgan fingerprint density at radius 3 is 3.04 bits per heavy atom. The molecule has 0 saturated carbocycles.